The van der Waals surface area contributed by atoms with Crippen molar-refractivity contribution >= 4 is 17.3 Å². The van der Waals surface area contributed by atoms with Gasteiger partial charge in [-0.25, -0.2) is 5.01 Å². The van der Waals surface area contributed by atoms with E-state index >= 15 is 0 Å². The predicted octanol–water partition coefficient (Wildman–Crippen LogP) is 3.70. The maximum atomic E-state index is 12.7. The Kier molecular flexibility index (Phi) is 3.58. The molecule has 1 unspecified atom stereocenters. The first kappa shape index (κ1) is 14.6. The number of hydrogen-bond acceptors (Lipinski definition) is 2. The summed E-state index contributed by atoms with van der Waals surface area (Å²) in [6, 6.07) is 4.64. The van der Waals surface area contributed by atoms with Crippen LogP contribution in [0.1, 0.15) is 26.3 Å². The summed E-state index contributed by atoms with van der Waals surface area (Å²) < 4.78 is 38.1. The van der Waals surface area contributed by atoms with Gasteiger partial charge < -0.3 is 0 Å². The summed E-state index contributed by atoms with van der Waals surface area (Å²) in [5, 5.41) is 5.16. The topological polar surface area (TPSA) is 32.7 Å². The lowest BCUT2D eigenvalue weighted by Gasteiger charge is -2.17. The number of nitrogens with zero attached hydrogens (tertiary/aromatic N) is 2. The fourth-order valence-corrected chi connectivity index (χ4v) is 2.35. The van der Waals surface area contributed by atoms with Crippen LogP contribution in [0.2, 0.25) is 0 Å². The minimum atomic E-state index is -4.44. The number of hydrogen-bond donors (Lipinski definition) is 0. The van der Waals surface area contributed by atoms with Gasteiger partial charge in [0.25, 0.3) is 5.91 Å². The third kappa shape index (κ3) is 2.55. The molecule has 0 aliphatic carbocycles. The zero-order valence-corrected chi connectivity index (χ0v) is 11.4. The van der Waals surface area contributed by atoms with E-state index in [2.05, 4.69) is 5.10 Å². The highest BCUT2D eigenvalue weighted by Gasteiger charge is 2.37. The lowest BCUT2D eigenvalue weighted by atomic mass is 9.92. The summed E-state index contributed by atoms with van der Waals surface area (Å²) in [5.74, 6) is -0.594. The van der Waals surface area contributed by atoms with Crippen LogP contribution in [-0.2, 0) is 11.0 Å². The van der Waals surface area contributed by atoms with Crippen molar-refractivity contribution in [2.24, 2.45) is 16.9 Å². The first-order valence-electron chi connectivity index (χ1n) is 6.28. The molecule has 1 amide bonds. The van der Waals surface area contributed by atoms with Crippen molar-refractivity contribution in [1.29, 1.82) is 0 Å². The zero-order valence-electron chi connectivity index (χ0n) is 11.4. The molecule has 0 radical (unpaired) electrons. The van der Waals surface area contributed by atoms with Gasteiger partial charge in [-0.15, -0.1) is 0 Å². The Balaban J connectivity index is 2.37. The molecular weight excluding hydrogens is 269 g/mol. The Labute approximate surface area is 115 Å². The van der Waals surface area contributed by atoms with E-state index in [-0.39, 0.29) is 23.4 Å². The SMILES string of the molecule is CC1=NN(c2cccc(C(F)(F)F)c2)C(=O)C1C(C)C. The molecule has 20 heavy (non-hydrogen) atoms. The molecule has 0 aromatic heterocycles. The van der Waals surface area contributed by atoms with Crippen molar-refractivity contribution in [2.45, 2.75) is 26.9 Å². The Hall–Kier alpha value is -1.85. The molecule has 1 aromatic rings. The Morgan fingerprint density at radius 2 is 1.95 bits per heavy atom. The summed E-state index contributed by atoms with van der Waals surface area (Å²) in [7, 11) is 0. The molecule has 0 saturated carbocycles. The number of alkyl halides is 3. The quantitative estimate of drug-likeness (QED) is 0.815. The number of rotatable bonds is 2. The van der Waals surface area contributed by atoms with Gasteiger partial charge in [0.1, 0.15) is 0 Å². The van der Waals surface area contributed by atoms with Crippen LogP contribution < -0.4 is 5.01 Å². The second kappa shape index (κ2) is 4.92. The molecule has 1 aliphatic rings. The predicted molar refractivity (Wildman–Crippen MR) is 70.4 cm³/mol. The van der Waals surface area contributed by atoms with Gasteiger partial charge in [0.2, 0.25) is 0 Å². The van der Waals surface area contributed by atoms with E-state index in [9.17, 15) is 18.0 Å². The largest absolute Gasteiger partial charge is 0.416 e. The van der Waals surface area contributed by atoms with E-state index < -0.39 is 11.7 Å². The standard InChI is InChI=1S/C14H15F3N2O/c1-8(2)12-9(3)18-19(13(12)20)11-6-4-5-10(7-11)14(15,16)17/h4-8,12H,1-3H3. The highest BCUT2D eigenvalue weighted by atomic mass is 19.4. The highest BCUT2D eigenvalue weighted by Crippen LogP contribution is 2.34. The van der Waals surface area contributed by atoms with Gasteiger partial charge in [-0.2, -0.15) is 18.3 Å². The second-order valence-corrected chi connectivity index (χ2v) is 5.16. The Morgan fingerprint density at radius 3 is 2.45 bits per heavy atom. The van der Waals surface area contributed by atoms with E-state index in [1.54, 1.807) is 6.92 Å². The van der Waals surface area contributed by atoms with E-state index in [0.29, 0.717) is 5.71 Å². The van der Waals surface area contributed by atoms with E-state index in [1.165, 1.54) is 12.1 Å². The molecule has 0 spiro atoms. The molecule has 6 heteroatoms. The maximum Gasteiger partial charge on any atom is 0.416 e. The van der Waals surface area contributed by atoms with Crippen LogP contribution in [0.25, 0.3) is 0 Å². The van der Waals surface area contributed by atoms with Crippen LogP contribution in [0.4, 0.5) is 18.9 Å². The highest BCUT2D eigenvalue weighted by molar-refractivity contribution is 6.14. The van der Waals surface area contributed by atoms with Crippen LogP contribution in [0.3, 0.4) is 0 Å². The van der Waals surface area contributed by atoms with Crippen molar-refractivity contribution in [2.75, 3.05) is 5.01 Å². The zero-order chi connectivity index (χ0) is 15.1. The number of hydrazone groups is 1. The molecule has 1 heterocycles. The smallest absolute Gasteiger partial charge is 0.272 e. The summed E-state index contributed by atoms with van der Waals surface area (Å²) in [6.07, 6.45) is -4.44. The van der Waals surface area contributed by atoms with Crippen molar-refractivity contribution in [3.05, 3.63) is 29.8 Å². The minimum absolute atomic E-state index is 0.0575. The molecule has 1 aromatic carbocycles. The number of carbonyl (C=O) groups excluding carboxylic acids is 1. The minimum Gasteiger partial charge on any atom is -0.272 e. The van der Waals surface area contributed by atoms with Crippen LogP contribution in [0.15, 0.2) is 29.4 Å². The molecule has 0 saturated heterocycles. The van der Waals surface area contributed by atoms with Crippen molar-refractivity contribution in [3.8, 4) is 0 Å². The van der Waals surface area contributed by atoms with Gasteiger partial charge in [-0.3, -0.25) is 4.79 Å². The Morgan fingerprint density at radius 1 is 1.30 bits per heavy atom. The fraction of sp³-hybridized carbons (Fsp3) is 0.429. The first-order valence-corrected chi connectivity index (χ1v) is 6.28. The fourth-order valence-electron chi connectivity index (χ4n) is 2.35. The summed E-state index contributed by atoms with van der Waals surface area (Å²) in [5.41, 5.74) is -0.0154. The average Bonchev–Trinajstić information content (AvgIpc) is 2.64. The van der Waals surface area contributed by atoms with Gasteiger partial charge in [0.15, 0.2) is 0 Å². The van der Waals surface area contributed by atoms with Crippen molar-refractivity contribution in [1.82, 2.24) is 0 Å². The van der Waals surface area contributed by atoms with Gasteiger partial charge in [0.05, 0.1) is 17.2 Å². The van der Waals surface area contributed by atoms with Crippen LogP contribution in [0.5, 0.6) is 0 Å². The molecular formula is C14H15F3N2O. The van der Waals surface area contributed by atoms with Crippen LogP contribution >= 0.6 is 0 Å². The lowest BCUT2D eigenvalue weighted by molar-refractivity contribution is -0.137. The van der Waals surface area contributed by atoms with Crippen molar-refractivity contribution in [3.63, 3.8) is 0 Å². The number of halogens is 3. The third-order valence-corrected chi connectivity index (χ3v) is 3.27. The molecule has 0 bridgehead atoms. The van der Waals surface area contributed by atoms with E-state index in [1.807, 2.05) is 13.8 Å². The third-order valence-electron chi connectivity index (χ3n) is 3.27. The van der Waals surface area contributed by atoms with Gasteiger partial charge in [-0.05, 0) is 31.0 Å². The maximum absolute atomic E-state index is 12.7. The molecule has 0 fully saturated rings. The molecule has 0 N–H and O–H groups in total. The summed E-state index contributed by atoms with van der Waals surface area (Å²) in [6.45, 7) is 5.49. The molecule has 1 aliphatic heterocycles. The summed E-state index contributed by atoms with van der Waals surface area (Å²) in [4.78, 5) is 12.2. The first-order chi connectivity index (χ1) is 9.21. The van der Waals surface area contributed by atoms with Gasteiger partial charge in [-0.1, -0.05) is 19.9 Å². The van der Waals surface area contributed by atoms with E-state index in [4.69, 9.17) is 0 Å². The number of amides is 1. The molecule has 1 atom stereocenters. The number of anilines is 1. The second-order valence-electron chi connectivity index (χ2n) is 5.16. The molecule has 3 nitrogen and oxygen atoms in total. The van der Waals surface area contributed by atoms with Crippen LogP contribution in [0, 0.1) is 11.8 Å². The van der Waals surface area contributed by atoms with Gasteiger partial charge in [0, 0.05) is 5.71 Å². The normalized spacial score (nSPS) is 19.8. The molecule has 2 rings (SSSR count). The Bertz CT molecular complexity index is 564. The number of benzene rings is 1. The monoisotopic (exact) mass is 284 g/mol. The van der Waals surface area contributed by atoms with Crippen LogP contribution in [-0.4, -0.2) is 11.6 Å². The van der Waals surface area contributed by atoms with Crippen molar-refractivity contribution < 1.29 is 18.0 Å². The lowest BCUT2D eigenvalue weighted by Crippen LogP contribution is -2.30. The van der Waals surface area contributed by atoms with E-state index in [0.717, 1.165) is 17.1 Å². The molecule has 108 valence electrons. The van der Waals surface area contributed by atoms with Gasteiger partial charge >= 0.3 is 6.18 Å². The average molecular weight is 284 g/mol. The number of carbonyl (C=O) groups is 1. The summed E-state index contributed by atoms with van der Waals surface area (Å²) >= 11 is 0.